The Balaban J connectivity index is 2.12. The topological polar surface area (TPSA) is 43.8 Å². The minimum atomic E-state index is -2.49. The number of hydrogen-bond donors (Lipinski definition) is 1. The number of anilines is 1. The van der Waals surface area contributed by atoms with Crippen LogP contribution in [0.1, 0.15) is 24.5 Å². The van der Waals surface area contributed by atoms with Crippen molar-refractivity contribution in [1.82, 2.24) is 9.78 Å². The Morgan fingerprint density at radius 1 is 1.62 bits per heavy atom. The van der Waals surface area contributed by atoms with Gasteiger partial charge in [0.15, 0.2) is 0 Å². The summed E-state index contributed by atoms with van der Waals surface area (Å²) in [5.41, 5.74) is 6.22. The number of hydrogen-bond acceptors (Lipinski definition) is 2. The number of aryl methyl sites for hydroxylation is 1. The molecule has 1 saturated carbocycles. The molecule has 1 fully saturated rings. The van der Waals surface area contributed by atoms with Gasteiger partial charge in [-0.3, -0.25) is 4.68 Å². The summed E-state index contributed by atoms with van der Waals surface area (Å²) in [4.78, 5) is 0. The zero-order valence-corrected chi connectivity index (χ0v) is 7.30. The number of aromatic nitrogens is 2. The van der Waals surface area contributed by atoms with Gasteiger partial charge in [0.05, 0.1) is 5.69 Å². The van der Waals surface area contributed by atoms with Crippen LogP contribution in [0.4, 0.5) is 14.6 Å². The molecule has 0 bridgehead atoms. The highest BCUT2D eigenvalue weighted by atomic mass is 19.3. The third kappa shape index (κ3) is 1.38. The Kier molecular flexibility index (Phi) is 1.58. The number of nitrogens with two attached hydrogens (primary N) is 1. The molecule has 0 aliphatic heterocycles. The predicted octanol–water partition coefficient (Wildman–Crippen LogP) is 1.51. The van der Waals surface area contributed by atoms with Crippen molar-refractivity contribution in [3.05, 3.63) is 11.8 Å². The van der Waals surface area contributed by atoms with E-state index < -0.39 is 5.92 Å². The maximum Gasteiger partial charge on any atom is 0.249 e. The molecule has 2 N–H and O–H groups in total. The van der Waals surface area contributed by atoms with E-state index in [1.807, 2.05) is 0 Å². The SMILES string of the molecule is Cn1nc(C2CC(F)(F)C2)cc1N. The summed E-state index contributed by atoms with van der Waals surface area (Å²) >= 11 is 0. The molecule has 0 spiro atoms. The maximum atomic E-state index is 12.5. The Bertz CT molecular complexity index is 305. The van der Waals surface area contributed by atoms with Crippen molar-refractivity contribution >= 4 is 5.82 Å². The average Bonchev–Trinajstić information content (AvgIpc) is 2.27. The fraction of sp³-hybridized carbons (Fsp3) is 0.625. The summed E-state index contributed by atoms with van der Waals surface area (Å²) < 4.78 is 26.5. The van der Waals surface area contributed by atoms with Crippen molar-refractivity contribution in [3.8, 4) is 0 Å². The van der Waals surface area contributed by atoms with E-state index >= 15 is 0 Å². The van der Waals surface area contributed by atoms with Crippen molar-refractivity contribution < 1.29 is 8.78 Å². The van der Waals surface area contributed by atoms with Crippen LogP contribution in [0, 0.1) is 0 Å². The van der Waals surface area contributed by atoms with Crippen molar-refractivity contribution in [2.75, 3.05) is 5.73 Å². The van der Waals surface area contributed by atoms with E-state index in [1.54, 1.807) is 13.1 Å². The van der Waals surface area contributed by atoms with Crippen LogP contribution in [-0.4, -0.2) is 15.7 Å². The Morgan fingerprint density at radius 3 is 2.62 bits per heavy atom. The highest BCUT2D eigenvalue weighted by Gasteiger charge is 2.46. The molecule has 2 rings (SSSR count). The second-order valence-electron chi connectivity index (χ2n) is 3.58. The minimum absolute atomic E-state index is 0.0938. The first-order chi connectivity index (χ1) is 5.98. The van der Waals surface area contributed by atoms with Crippen molar-refractivity contribution in [2.45, 2.75) is 24.7 Å². The van der Waals surface area contributed by atoms with Crippen LogP contribution in [0.2, 0.25) is 0 Å². The standard InChI is InChI=1S/C8H11F2N3/c1-13-7(11)2-6(12-13)5-3-8(9,10)4-5/h2,5H,3-4,11H2,1H3. The molecule has 0 amide bonds. The molecule has 0 saturated heterocycles. The van der Waals surface area contributed by atoms with E-state index in [0.29, 0.717) is 11.5 Å². The fourth-order valence-corrected chi connectivity index (χ4v) is 1.57. The number of alkyl halides is 2. The van der Waals surface area contributed by atoms with Gasteiger partial charge < -0.3 is 5.73 Å². The molecule has 0 aromatic carbocycles. The van der Waals surface area contributed by atoms with E-state index in [1.165, 1.54) is 4.68 Å². The van der Waals surface area contributed by atoms with E-state index in [0.717, 1.165) is 0 Å². The van der Waals surface area contributed by atoms with Gasteiger partial charge in [0.2, 0.25) is 5.92 Å². The van der Waals surface area contributed by atoms with Gasteiger partial charge in [-0.05, 0) is 0 Å². The van der Waals surface area contributed by atoms with Gasteiger partial charge >= 0.3 is 0 Å². The quantitative estimate of drug-likeness (QED) is 0.724. The Morgan fingerprint density at radius 2 is 2.23 bits per heavy atom. The summed E-state index contributed by atoms with van der Waals surface area (Å²) in [6, 6.07) is 1.67. The summed E-state index contributed by atoms with van der Waals surface area (Å²) in [7, 11) is 1.70. The second kappa shape index (κ2) is 2.43. The minimum Gasteiger partial charge on any atom is -0.384 e. The molecule has 1 aromatic heterocycles. The summed E-state index contributed by atoms with van der Waals surface area (Å²) in [6.45, 7) is 0. The van der Waals surface area contributed by atoms with Crippen LogP contribution in [0.15, 0.2) is 6.07 Å². The lowest BCUT2D eigenvalue weighted by Crippen LogP contribution is -2.33. The molecule has 72 valence electrons. The number of nitrogen functional groups attached to an aromatic ring is 1. The van der Waals surface area contributed by atoms with Gasteiger partial charge in [-0.2, -0.15) is 5.10 Å². The molecule has 1 heterocycles. The number of rotatable bonds is 1. The van der Waals surface area contributed by atoms with Gasteiger partial charge in [-0.1, -0.05) is 0 Å². The number of nitrogens with zero attached hydrogens (tertiary/aromatic N) is 2. The van der Waals surface area contributed by atoms with Crippen molar-refractivity contribution in [2.24, 2.45) is 7.05 Å². The zero-order chi connectivity index (χ0) is 9.64. The monoisotopic (exact) mass is 187 g/mol. The summed E-state index contributed by atoms with van der Waals surface area (Å²) in [6.07, 6.45) is -0.188. The molecule has 1 aromatic rings. The third-order valence-corrected chi connectivity index (χ3v) is 2.44. The second-order valence-corrected chi connectivity index (χ2v) is 3.58. The molecule has 13 heavy (non-hydrogen) atoms. The molecule has 3 nitrogen and oxygen atoms in total. The molecule has 1 aliphatic rings. The highest BCUT2D eigenvalue weighted by molar-refractivity contribution is 5.33. The highest BCUT2D eigenvalue weighted by Crippen LogP contribution is 2.47. The lowest BCUT2D eigenvalue weighted by atomic mass is 9.79. The van der Waals surface area contributed by atoms with Crippen LogP contribution in [0.3, 0.4) is 0 Å². The normalized spacial score (nSPS) is 21.5. The van der Waals surface area contributed by atoms with Gasteiger partial charge in [-0.15, -0.1) is 0 Å². The van der Waals surface area contributed by atoms with E-state index in [9.17, 15) is 8.78 Å². The molecule has 5 heteroatoms. The predicted molar refractivity (Wildman–Crippen MR) is 44.5 cm³/mol. The van der Waals surface area contributed by atoms with Gasteiger partial charge in [-0.25, -0.2) is 8.78 Å². The molecule has 0 atom stereocenters. The first-order valence-electron chi connectivity index (χ1n) is 4.15. The molecular formula is C8H11F2N3. The van der Waals surface area contributed by atoms with Crippen LogP contribution < -0.4 is 5.73 Å². The van der Waals surface area contributed by atoms with Crippen molar-refractivity contribution in [3.63, 3.8) is 0 Å². The maximum absolute atomic E-state index is 12.5. The summed E-state index contributed by atoms with van der Waals surface area (Å²) in [5.74, 6) is -2.08. The van der Waals surface area contributed by atoms with Crippen LogP contribution in [-0.2, 0) is 7.05 Å². The fourth-order valence-electron chi connectivity index (χ4n) is 1.57. The van der Waals surface area contributed by atoms with Crippen molar-refractivity contribution in [1.29, 1.82) is 0 Å². The van der Waals surface area contributed by atoms with Crippen LogP contribution in [0.25, 0.3) is 0 Å². The molecule has 0 unspecified atom stereocenters. The smallest absolute Gasteiger partial charge is 0.249 e. The first kappa shape index (κ1) is 8.47. The first-order valence-corrected chi connectivity index (χ1v) is 4.15. The Labute approximate surface area is 74.5 Å². The molecule has 1 aliphatic carbocycles. The van der Waals surface area contributed by atoms with Gasteiger partial charge in [0, 0.05) is 31.9 Å². The van der Waals surface area contributed by atoms with E-state index in [-0.39, 0.29) is 18.8 Å². The third-order valence-electron chi connectivity index (χ3n) is 2.44. The molecule has 0 radical (unpaired) electrons. The Hall–Kier alpha value is -1.13. The van der Waals surface area contributed by atoms with E-state index in [4.69, 9.17) is 5.73 Å². The van der Waals surface area contributed by atoms with E-state index in [2.05, 4.69) is 5.10 Å². The van der Waals surface area contributed by atoms with Gasteiger partial charge in [0.25, 0.3) is 0 Å². The zero-order valence-electron chi connectivity index (χ0n) is 7.30. The molecular weight excluding hydrogens is 176 g/mol. The van der Waals surface area contributed by atoms with Gasteiger partial charge in [0.1, 0.15) is 5.82 Å². The lowest BCUT2D eigenvalue weighted by Gasteiger charge is -2.33. The van der Waals surface area contributed by atoms with Crippen LogP contribution >= 0.6 is 0 Å². The lowest BCUT2D eigenvalue weighted by molar-refractivity contribution is -0.0876. The summed E-state index contributed by atoms with van der Waals surface area (Å²) in [5, 5.41) is 4.06. The average molecular weight is 187 g/mol. The van der Waals surface area contributed by atoms with Crippen LogP contribution in [0.5, 0.6) is 0 Å². The number of halogens is 2. The largest absolute Gasteiger partial charge is 0.384 e.